The van der Waals surface area contributed by atoms with Crippen molar-refractivity contribution in [2.24, 2.45) is 0 Å². The second kappa shape index (κ2) is 5.06. The average Bonchev–Trinajstić information content (AvgIpc) is 2.83. The van der Waals surface area contributed by atoms with Gasteiger partial charge in [-0.3, -0.25) is 0 Å². The van der Waals surface area contributed by atoms with Crippen LogP contribution >= 0.6 is 0 Å². The van der Waals surface area contributed by atoms with Gasteiger partial charge in [-0.1, -0.05) is 37.3 Å². The molecule has 116 valence electrons. The van der Waals surface area contributed by atoms with E-state index in [0.717, 1.165) is 12.0 Å². The van der Waals surface area contributed by atoms with Crippen LogP contribution in [0.1, 0.15) is 39.7 Å². The molecule has 0 radical (unpaired) electrons. The average molecular weight is 291 g/mol. The third kappa shape index (κ3) is 2.40. The molecule has 0 aromatic heterocycles. The van der Waals surface area contributed by atoms with Gasteiger partial charge in [0.15, 0.2) is 5.79 Å². The van der Waals surface area contributed by atoms with Crippen molar-refractivity contribution in [2.45, 2.75) is 70.7 Å². The maximum absolute atomic E-state index is 13.6. The molecule has 0 saturated carbocycles. The first-order valence-electron chi connectivity index (χ1n) is 7.85. The summed E-state index contributed by atoms with van der Waals surface area (Å²) in [6.45, 7) is 8.43. The normalized spacial score (nSPS) is 41.2. The van der Waals surface area contributed by atoms with Gasteiger partial charge in [0.2, 0.25) is 0 Å². The summed E-state index contributed by atoms with van der Waals surface area (Å²) in [6.07, 6.45) is 0.605. The Labute approximate surface area is 126 Å². The summed E-state index contributed by atoms with van der Waals surface area (Å²) in [6, 6.07) is 9.83. The fourth-order valence-corrected chi connectivity index (χ4v) is 3.96. The second-order valence-electron chi connectivity index (χ2n) is 6.78. The SMILES string of the molecule is CC[C@@H]1[C@@H]2OC(C)(C)O[C@@H]2[C@@H](C)[N@+]1([O-])Cc1ccccc1. The Balaban J connectivity index is 1.89. The third-order valence-electron chi connectivity index (χ3n) is 4.96. The Morgan fingerprint density at radius 1 is 1.14 bits per heavy atom. The van der Waals surface area contributed by atoms with Gasteiger partial charge in [-0.05, 0) is 27.2 Å². The Hall–Kier alpha value is -0.940. The van der Waals surface area contributed by atoms with Gasteiger partial charge >= 0.3 is 0 Å². The minimum Gasteiger partial charge on any atom is -0.632 e. The van der Waals surface area contributed by atoms with Gasteiger partial charge in [-0.2, -0.15) is 0 Å². The monoisotopic (exact) mass is 291 g/mol. The Bertz CT molecular complexity index is 504. The zero-order valence-corrected chi connectivity index (χ0v) is 13.3. The first-order chi connectivity index (χ1) is 9.87. The summed E-state index contributed by atoms with van der Waals surface area (Å²) in [4.78, 5) is 0. The lowest BCUT2D eigenvalue weighted by Crippen LogP contribution is -2.53. The molecule has 0 aliphatic carbocycles. The molecule has 2 fully saturated rings. The minimum absolute atomic E-state index is 0.0630. The van der Waals surface area contributed by atoms with E-state index in [-0.39, 0.29) is 28.9 Å². The highest BCUT2D eigenvalue weighted by Crippen LogP contribution is 2.46. The minimum atomic E-state index is -0.574. The van der Waals surface area contributed by atoms with Crippen molar-refractivity contribution in [3.8, 4) is 0 Å². The molecule has 2 saturated heterocycles. The van der Waals surface area contributed by atoms with Gasteiger partial charge in [0.1, 0.15) is 30.8 Å². The summed E-state index contributed by atoms with van der Waals surface area (Å²) in [5.41, 5.74) is 1.08. The molecule has 0 spiro atoms. The quantitative estimate of drug-likeness (QED) is 0.634. The number of hydroxylamine groups is 3. The molecule has 2 heterocycles. The van der Waals surface area contributed by atoms with E-state index >= 15 is 0 Å². The van der Waals surface area contributed by atoms with Crippen LogP contribution in [0.15, 0.2) is 30.3 Å². The van der Waals surface area contributed by atoms with Crippen LogP contribution in [0.3, 0.4) is 0 Å². The molecule has 1 aromatic carbocycles. The number of hydrogen-bond donors (Lipinski definition) is 0. The predicted octanol–water partition coefficient (Wildman–Crippen LogP) is 3.20. The predicted molar refractivity (Wildman–Crippen MR) is 81.1 cm³/mol. The number of fused-ring (bicyclic) bond motifs is 1. The van der Waals surface area contributed by atoms with Crippen molar-refractivity contribution in [2.75, 3.05) is 0 Å². The number of rotatable bonds is 3. The highest BCUT2D eigenvalue weighted by molar-refractivity contribution is 5.14. The van der Waals surface area contributed by atoms with E-state index in [1.165, 1.54) is 0 Å². The molecule has 4 heteroatoms. The van der Waals surface area contributed by atoms with Crippen LogP contribution in [0.25, 0.3) is 0 Å². The topological polar surface area (TPSA) is 41.5 Å². The summed E-state index contributed by atoms with van der Waals surface area (Å²) in [7, 11) is 0. The number of benzene rings is 1. The van der Waals surface area contributed by atoms with Gasteiger partial charge < -0.3 is 19.3 Å². The highest BCUT2D eigenvalue weighted by atomic mass is 16.8. The van der Waals surface area contributed by atoms with E-state index in [9.17, 15) is 5.21 Å². The van der Waals surface area contributed by atoms with Crippen LogP contribution in [0.4, 0.5) is 0 Å². The largest absolute Gasteiger partial charge is 0.632 e. The van der Waals surface area contributed by atoms with E-state index in [4.69, 9.17) is 9.47 Å². The first kappa shape index (κ1) is 15.0. The first-order valence-corrected chi connectivity index (χ1v) is 7.85. The lowest BCUT2D eigenvalue weighted by molar-refractivity contribution is -0.931. The Kier molecular flexibility index (Phi) is 3.61. The van der Waals surface area contributed by atoms with Crippen molar-refractivity contribution < 1.29 is 14.1 Å². The Morgan fingerprint density at radius 3 is 2.38 bits per heavy atom. The van der Waals surface area contributed by atoms with E-state index in [1.54, 1.807) is 0 Å². The molecular formula is C17H25NO3. The van der Waals surface area contributed by atoms with Gasteiger partial charge in [-0.15, -0.1) is 0 Å². The molecule has 5 atom stereocenters. The van der Waals surface area contributed by atoms with E-state index in [2.05, 4.69) is 6.92 Å². The van der Waals surface area contributed by atoms with Crippen molar-refractivity contribution in [1.29, 1.82) is 0 Å². The molecule has 0 amide bonds. The summed E-state index contributed by atoms with van der Waals surface area (Å²) in [5.74, 6) is -0.574. The molecule has 2 aliphatic rings. The zero-order valence-electron chi connectivity index (χ0n) is 13.3. The van der Waals surface area contributed by atoms with Gasteiger partial charge in [0.25, 0.3) is 0 Å². The third-order valence-corrected chi connectivity index (χ3v) is 4.96. The second-order valence-corrected chi connectivity index (χ2v) is 6.78. The van der Waals surface area contributed by atoms with E-state index in [0.29, 0.717) is 6.54 Å². The van der Waals surface area contributed by atoms with E-state index in [1.807, 2.05) is 51.1 Å². The molecule has 0 unspecified atom stereocenters. The lowest BCUT2D eigenvalue weighted by Gasteiger charge is -2.49. The molecule has 4 nitrogen and oxygen atoms in total. The number of hydrogen-bond acceptors (Lipinski definition) is 3. The number of quaternary nitrogens is 1. The van der Waals surface area contributed by atoms with E-state index < -0.39 is 5.79 Å². The van der Waals surface area contributed by atoms with Crippen LogP contribution in [-0.4, -0.2) is 34.7 Å². The van der Waals surface area contributed by atoms with Gasteiger partial charge in [0.05, 0.1) is 0 Å². The summed E-state index contributed by atoms with van der Waals surface area (Å²) < 4.78 is 11.8. The van der Waals surface area contributed by atoms with Crippen molar-refractivity contribution >= 4 is 0 Å². The molecule has 2 aliphatic heterocycles. The Morgan fingerprint density at radius 2 is 1.76 bits per heavy atom. The van der Waals surface area contributed by atoms with Crippen LogP contribution in [0, 0.1) is 5.21 Å². The van der Waals surface area contributed by atoms with Crippen molar-refractivity contribution in [3.05, 3.63) is 41.1 Å². The molecular weight excluding hydrogens is 266 g/mol. The standard InChI is InChI=1S/C17H25NO3/c1-5-14-16-15(20-17(3,4)21-16)12(2)18(14,19)11-13-9-7-6-8-10-13/h6-10,12,14-16H,5,11H2,1-4H3/t12-,14-,15-,16+,18-/m1/s1. The van der Waals surface area contributed by atoms with Crippen molar-refractivity contribution in [3.63, 3.8) is 0 Å². The van der Waals surface area contributed by atoms with Crippen LogP contribution in [0.5, 0.6) is 0 Å². The molecule has 21 heavy (non-hydrogen) atoms. The van der Waals surface area contributed by atoms with Crippen LogP contribution in [-0.2, 0) is 16.0 Å². The van der Waals surface area contributed by atoms with Crippen molar-refractivity contribution in [1.82, 2.24) is 0 Å². The lowest BCUT2D eigenvalue weighted by atomic mass is 10.1. The fraction of sp³-hybridized carbons (Fsp3) is 0.647. The molecule has 3 rings (SSSR count). The number of ether oxygens (including phenoxy) is 2. The van der Waals surface area contributed by atoms with Gasteiger partial charge in [-0.25, -0.2) is 0 Å². The molecule has 0 N–H and O–H groups in total. The number of nitrogens with zero attached hydrogens (tertiary/aromatic N) is 1. The molecule has 1 aromatic rings. The zero-order chi connectivity index (χ0) is 15.3. The van der Waals surface area contributed by atoms with Gasteiger partial charge in [0, 0.05) is 5.56 Å². The highest BCUT2D eigenvalue weighted by Gasteiger charge is 2.61. The maximum atomic E-state index is 13.6. The summed E-state index contributed by atoms with van der Waals surface area (Å²) >= 11 is 0. The molecule has 0 bridgehead atoms. The van der Waals surface area contributed by atoms with Crippen LogP contribution in [0.2, 0.25) is 0 Å². The number of likely N-dealkylation sites (tertiary alicyclic amines) is 1. The smallest absolute Gasteiger partial charge is 0.164 e. The fourth-order valence-electron chi connectivity index (χ4n) is 3.96. The summed E-state index contributed by atoms with van der Waals surface area (Å²) in [5, 5.41) is 13.6. The van der Waals surface area contributed by atoms with Crippen LogP contribution < -0.4 is 0 Å². The maximum Gasteiger partial charge on any atom is 0.164 e.